The topological polar surface area (TPSA) is 52.4 Å². The monoisotopic (exact) mass is 345 g/mol. The first kappa shape index (κ1) is 16.8. The van der Waals surface area contributed by atoms with Crippen LogP contribution in [-0.4, -0.2) is 4.92 Å². The quantitative estimate of drug-likeness (QED) is 0.476. The molecule has 24 heavy (non-hydrogen) atoms. The van der Waals surface area contributed by atoms with E-state index >= 15 is 0 Å². The van der Waals surface area contributed by atoms with Crippen LogP contribution in [0, 0.1) is 17.0 Å². The first-order valence-corrected chi connectivity index (χ1v) is 8.65. The molecule has 0 radical (unpaired) electrons. The molecule has 0 N–H and O–H groups in total. The van der Waals surface area contributed by atoms with Crippen molar-refractivity contribution in [1.29, 1.82) is 0 Å². The van der Waals surface area contributed by atoms with Gasteiger partial charge < -0.3 is 4.74 Å². The lowest BCUT2D eigenvalue weighted by Crippen LogP contribution is -2.06. The molecular weight excluding hydrogens is 326 g/mol. The Kier molecular flexibility index (Phi) is 5.05. The molecule has 5 heteroatoms. The summed E-state index contributed by atoms with van der Waals surface area (Å²) in [4.78, 5) is 10.9. The summed E-state index contributed by atoms with van der Waals surface area (Å²) < 4.78 is 5.96. The number of nitro benzene ring substituents is 1. The predicted octanol–water partition coefficient (Wildman–Crippen LogP) is 6.40. The largest absolute Gasteiger partial charge is 0.450 e. The van der Waals surface area contributed by atoms with E-state index in [2.05, 4.69) is 0 Å². The Bertz CT molecular complexity index is 754. The number of nitrogens with zero attached hydrogens (tertiary/aromatic N) is 1. The lowest BCUT2D eigenvalue weighted by Gasteiger charge is -2.24. The fourth-order valence-corrected chi connectivity index (χ4v) is 3.50. The van der Waals surface area contributed by atoms with E-state index in [1.807, 2.05) is 25.1 Å². The first-order valence-electron chi connectivity index (χ1n) is 8.27. The van der Waals surface area contributed by atoms with Crippen LogP contribution in [-0.2, 0) is 0 Å². The Labute approximate surface area is 146 Å². The number of hydrogen-bond acceptors (Lipinski definition) is 3. The van der Waals surface area contributed by atoms with Gasteiger partial charge in [0, 0.05) is 11.1 Å². The molecule has 0 aliphatic heterocycles. The van der Waals surface area contributed by atoms with E-state index in [0.29, 0.717) is 16.7 Å². The Hall–Kier alpha value is -2.07. The van der Waals surface area contributed by atoms with Crippen LogP contribution < -0.4 is 4.74 Å². The number of nitro groups is 1. The molecule has 4 nitrogen and oxygen atoms in total. The number of hydrogen-bond donors (Lipinski definition) is 0. The second kappa shape index (κ2) is 7.22. The van der Waals surface area contributed by atoms with E-state index in [9.17, 15) is 10.1 Å². The van der Waals surface area contributed by atoms with Crippen molar-refractivity contribution in [3.8, 4) is 11.5 Å². The Balaban J connectivity index is 1.97. The maximum Gasteiger partial charge on any atom is 0.311 e. The molecule has 0 saturated heterocycles. The lowest BCUT2D eigenvalue weighted by molar-refractivity contribution is -0.385. The smallest absolute Gasteiger partial charge is 0.311 e. The molecule has 2 aromatic rings. The highest BCUT2D eigenvalue weighted by molar-refractivity contribution is 6.30. The molecule has 1 aliphatic rings. The van der Waals surface area contributed by atoms with Gasteiger partial charge in [0.2, 0.25) is 5.75 Å². The van der Waals surface area contributed by atoms with Crippen molar-refractivity contribution in [2.24, 2.45) is 0 Å². The van der Waals surface area contributed by atoms with Gasteiger partial charge in [-0.2, -0.15) is 0 Å². The van der Waals surface area contributed by atoms with Crippen molar-refractivity contribution in [3.63, 3.8) is 0 Å². The summed E-state index contributed by atoms with van der Waals surface area (Å²) in [5.74, 6) is 1.33. The van der Waals surface area contributed by atoms with E-state index in [1.165, 1.54) is 25.3 Å². The van der Waals surface area contributed by atoms with Gasteiger partial charge in [0.1, 0.15) is 5.75 Å². The minimum Gasteiger partial charge on any atom is -0.450 e. The average molecular weight is 346 g/mol. The van der Waals surface area contributed by atoms with Gasteiger partial charge in [-0.1, -0.05) is 36.9 Å². The van der Waals surface area contributed by atoms with E-state index in [1.54, 1.807) is 12.1 Å². The van der Waals surface area contributed by atoms with Gasteiger partial charge in [0.15, 0.2) is 0 Å². The number of benzene rings is 2. The summed E-state index contributed by atoms with van der Waals surface area (Å²) in [6, 6.07) is 10.5. The third-order valence-corrected chi connectivity index (χ3v) is 4.78. The van der Waals surface area contributed by atoms with Crippen LogP contribution in [0.3, 0.4) is 0 Å². The van der Waals surface area contributed by atoms with Gasteiger partial charge in [-0.15, -0.1) is 0 Å². The molecule has 1 saturated carbocycles. The number of ether oxygens (including phenoxy) is 1. The zero-order chi connectivity index (χ0) is 17.1. The maximum absolute atomic E-state index is 11.3. The first-order chi connectivity index (χ1) is 11.5. The fourth-order valence-electron chi connectivity index (χ4n) is 3.32. The summed E-state index contributed by atoms with van der Waals surface area (Å²) in [5.41, 5.74) is 1.87. The van der Waals surface area contributed by atoms with E-state index in [-0.39, 0.29) is 11.4 Å². The van der Waals surface area contributed by atoms with Gasteiger partial charge in [-0.3, -0.25) is 10.1 Å². The van der Waals surface area contributed by atoms with Crippen molar-refractivity contribution in [3.05, 3.63) is 62.7 Å². The molecular formula is C19H20ClNO3. The van der Waals surface area contributed by atoms with Gasteiger partial charge in [-0.05, 0) is 61.1 Å². The second-order valence-corrected chi connectivity index (χ2v) is 6.78. The lowest BCUT2D eigenvalue weighted by atomic mass is 9.84. The van der Waals surface area contributed by atoms with Gasteiger partial charge in [0.05, 0.1) is 4.92 Å². The predicted molar refractivity (Wildman–Crippen MR) is 95.2 cm³/mol. The molecule has 126 valence electrons. The Morgan fingerprint density at radius 3 is 2.50 bits per heavy atom. The number of halogens is 1. The zero-order valence-corrected chi connectivity index (χ0v) is 14.4. The second-order valence-electron chi connectivity index (χ2n) is 6.35. The molecule has 0 unspecified atom stereocenters. The minimum atomic E-state index is -0.404. The Morgan fingerprint density at radius 1 is 1.08 bits per heavy atom. The molecule has 0 atom stereocenters. The van der Waals surface area contributed by atoms with Gasteiger partial charge >= 0.3 is 5.69 Å². The van der Waals surface area contributed by atoms with Gasteiger partial charge in [-0.25, -0.2) is 0 Å². The van der Waals surface area contributed by atoms with Crippen LogP contribution in [0.4, 0.5) is 5.69 Å². The molecule has 0 spiro atoms. The van der Waals surface area contributed by atoms with Crippen molar-refractivity contribution < 1.29 is 9.66 Å². The molecule has 1 aliphatic carbocycles. The van der Waals surface area contributed by atoms with Crippen molar-refractivity contribution in [2.75, 3.05) is 0 Å². The molecule has 0 amide bonds. The third kappa shape index (κ3) is 3.70. The highest BCUT2D eigenvalue weighted by Gasteiger charge is 2.22. The van der Waals surface area contributed by atoms with Crippen LogP contribution in [0.2, 0.25) is 5.02 Å². The van der Waals surface area contributed by atoms with Crippen molar-refractivity contribution in [1.82, 2.24) is 0 Å². The van der Waals surface area contributed by atoms with Crippen molar-refractivity contribution in [2.45, 2.75) is 44.9 Å². The summed E-state index contributed by atoms with van der Waals surface area (Å²) >= 11 is 6.18. The fraction of sp³-hybridized carbons (Fsp3) is 0.368. The molecule has 0 aromatic heterocycles. The summed E-state index contributed by atoms with van der Waals surface area (Å²) in [5, 5.41) is 12.0. The highest BCUT2D eigenvalue weighted by Crippen LogP contribution is 2.41. The standard InChI is InChI=1S/C19H20ClNO3/c1-13-7-9-19(17(11-13)21(22)23)24-18-10-8-15(20)12-16(18)14-5-3-2-4-6-14/h7-12,14H,2-6H2,1H3. The van der Waals surface area contributed by atoms with E-state index in [4.69, 9.17) is 16.3 Å². The zero-order valence-electron chi connectivity index (χ0n) is 13.6. The number of aryl methyl sites for hydroxylation is 1. The van der Waals surface area contributed by atoms with Crippen LogP contribution in [0.25, 0.3) is 0 Å². The maximum atomic E-state index is 11.3. The third-order valence-electron chi connectivity index (χ3n) is 4.55. The molecule has 1 fully saturated rings. The molecule has 0 bridgehead atoms. The molecule has 0 heterocycles. The highest BCUT2D eigenvalue weighted by atomic mass is 35.5. The van der Waals surface area contributed by atoms with E-state index in [0.717, 1.165) is 24.0 Å². The van der Waals surface area contributed by atoms with E-state index < -0.39 is 4.92 Å². The van der Waals surface area contributed by atoms with Crippen LogP contribution in [0.5, 0.6) is 11.5 Å². The average Bonchev–Trinajstić information content (AvgIpc) is 2.58. The molecule has 2 aromatic carbocycles. The normalized spacial score (nSPS) is 15.2. The van der Waals surface area contributed by atoms with Crippen LogP contribution >= 0.6 is 11.6 Å². The van der Waals surface area contributed by atoms with Crippen molar-refractivity contribution >= 4 is 17.3 Å². The Morgan fingerprint density at radius 2 is 1.79 bits per heavy atom. The number of rotatable bonds is 4. The van der Waals surface area contributed by atoms with Gasteiger partial charge in [0.25, 0.3) is 0 Å². The summed E-state index contributed by atoms with van der Waals surface area (Å²) in [6.45, 7) is 1.83. The summed E-state index contributed by atoms with van der Waals surface area (Å²) in [6.07, 6.45) is 5.86. The summed E-state index contributed by atoms with van der Waals surface area (Å²) in [7, 11) is 0. The minimum absolute atomic E-state index is 0.0143. The van der Waals surface area contributed by atoms with Crippen LogP contribution in [0.1, 0.15) is 49.1 Å². The SMILES string of the molecule is Cc1ccc(Oc2ccc(Cl)cc2C2CCCCC2)c([N+](=O)[O-])c1. The van der Waals surface area contributed by atoms with Crippen LogP contribution in [0.15, 0.2) is 36.4 Å². The molecule has 3 rings (SSSR count).